The highest BCUT2D eigenvalue weighted by molar-refractivity contribution is 5.81. The SMILES string of the molecule is C=CC(=O)OCCOc1cc(C)oc(=O)c1. The maximum absolute atomic E-state index is 11.0. The Morgan fingerprint density at radius 2 is 2.25 bits per heavy atom. The number of hydrogen-bond donors (Lipinski definition) is 0. The van der Waals surface area contributed by atoms with Crippen LogP contribution < -0.4 is 10.4 Å². The van der Waals surface area contributed by atoms with E-state index in [1.54, 1.807) is 13.0 Å². The summed E-state index contributed by atoms with van der Waals surface area (Å²) in [5.74, 6) is 0.348. The quantitative estimate of drug-likeness (QED) is 0.425. The van der Waals surface area contributed by atoms with Crippen LogP contribution in [-0.2, 0) is 9.53 Å². The number of carbonyl (C=O) groups excluding carboxylic acids is 1. The Morgan fingerprint density at radius 1 is 1.50 bits per heavy atom. The fraction of sp³-hybridized carbons (Fsp3) is 0.273. The molecule has 0 saturated carbocycles. The molecular weight excluding hydrogens is 212 g/mol. The van der Waals surface area contributed by atoms with Gasteiger partial charge in [-0.2, -0.15) is 0 Å². The number of aryl methyl sites for hydroxylation is 1. The van der Waals surface area contributed by atoms with Crippen LogP contribution in [0.1, 0.15) is 5.76 Å². The average Bonchev–Trinajstić information content (AvgIpc) is 2.22. The molecule has 86 valence electrons. The molecule has 0 aliphatic rings. The Labute approximate surface area is 92.3 Å². The fourth-order valence-electron chi connectivity index (χ4n) is 1.02. The summed E-state index contributed by atoms with van der Waals surface area (Å²) in [7, 11) is 0. The Hall–Kier alpha value is -2.04. The highest BCUT2D eigenvalue weighted by atomic mass is 16.6. The first-order valence-electron chi connectivity index (χ1n) is 4.65. The molecule has 1 aromatic heterocycles. The van der Waals surface area contributed by atoms with Crippen LogP contribution in [0.2, 0.25) is 0 Å². The molecule has 5 nitrogen and oxygen atoms in total. The van der Waals surface area contributed by atoms with Gasteiger partial charge in [0, 0.05) is 12.1 Å². The predicted octanol–water partition coefficient (Wildman–Crippen LogP) is 1.06. The summed E-state index contributed by atoms with van der Waals surface area (Å²) in [5.41, 5.74) is -0.474. The zero-order valence-corrected chi connectivity index (χ0v) is 8.89. The fourth-order valence-corrected chi connectivity index (χ4v) is 1.02. The summed E-state index contributed by atoms with van der Waals surface area (Å²) in [5, 5.41) is 0. The van der Waals surface area contributed by atoms with Crippen molar-refractivity contribution in [2.45, 2.75) is 6.92 Å². The summed E-state index contributed by atoms with van der Waals surface area (Å²) in [6.45, 7) is 5.17. The molecule has 1 rings (SSSR count). The van der Waals surface area contributed by atoms with Gasteiger partial charge in [-0.25, -0.2) is 9.59 Å². The van der Waals surface area contributed by atoms with Crippen LogP contribution >= 0.6 is 0 Å². The highest BCUT2D eigenvalue weighted by Crippen LogP contribution is 2.08. The third kappa shape index (κ3) is 4.00. The lowest BCUT2D eigenvalue weighted by Crippen LogP contribution is -2.11. The number of ether oxygens (including phenoxy) is 2. The Morgan fingerprint density at radius 3 is 2.88 bits per heavy atom. The van der Waals surface area contributed by atoms with Crippen molar-refractivity contribution in [3.63, 3.8) is 0 Å². The lowest BCUT2D eigenvalue weighted by Gasteiger charge is -2.05. The van der Waals surface area contributed by atoms with Crippen LogP contribution in [0.5, 0.6) is 5.75 Å². The number of rotatable bonds is 5. The third-order valence-corrected chi connectivity index (χ3v) is 1.63. The highest BCUT2D eigenvalue weighted by Gasteiger charge is 2.00. The lowest BCUT2D eigenvalue weighted by molar-refractivity contribution is -0.138. The first-order valence-corrected chi connectivity index (χ1v) is 4.65. The number of esters is 1. The van der Waals surface area contributed by atoms with Crippen LogP contribution in [0.25, 0.3) is 0 Å². The van der Waals surface area contributed by atoms with Crippen molar-refractivity contribution in [2.24, 2.45) is 0 Å². The molecule has 0 N–H and O–H groups in total. The van der Waals surface area contributed by atoms with Crippen LogP contribution in [-0.4, -0.2) is 19.2 Å². The summed E-state index contributed by atoms with van der Waals surface area (Å²) in [6.07, 6.45) is 1.07. The Balaban J connectivity index is 2.40. The summed E-state index contributed by atoms with van der Waals surface area (Å²) < 4.78 is 14.6. The standard InChI is InChI=1S/C11H12O5/c1-3-10(12)15-5-4-14-9-6-8(2)16-11(13)7-9/h3,6-7H,1,4-5H2,2H3. The van der Waals surface area contributed by atoms with Crippen molar-refractivity contribution in [3.05, 3.63) is 41.0 Å². The van der Waals surface area contributed by atoms with E-state index in [-0.39, 0.29) is 13.2 Å². The van der Waals surface area contributed by atoms with Crippen molar-refractivity contribution >= 4 is 5.97 Å². The summed E-state index contributed by atoms with van der Waals surface area (Å²) in [4.78, 5) is 21.6. The second kappa shape index (κ2) is 5.75. The second-order valence-corrected chi connectivity index (χ2v) is 2.94. The van der Waals surface area contributed by atoms with E-state index in [0.717, 1.165) is 6.08 Å². The minimum Gasteiger partial charge on any atom is -0.490 e. The molecule has 0 unspecified atom stereocenters. The van der Waals surface area contributed by atoms with Gasteiger partial charge in [-0.1, -0.05) is 6.58 Å². The van der Waals surface area contributed by atoms with Gasteiger partial charge in [-0.15, -0.1) is 0 Å². The minimum atomic E-state index is -0.507. The van der Waals surface area contributed by atoms with Crippen LogP contribution in [0, 0.1) is 6.92 Å². The van der Waals surface area contributed by atoms with Crippen LogP contribution in [0.15, 0.2) is 34.0 Å². The smallest absolute Gasteiger partial charge is 0.339 e. The maximum atomic E-state index is 11.0. The molecule has 5 heteroatoms. The van der Waals surface area contributed by atoms with E-state index in [2.05, 4.69) is 11.3 Å². The predicted molar refractivity (Wildman–Crippen MR) is 56.4 cm³/mol. The first kappa shape index (κ1) is 12.0. The van der Waals surface area contributed by atoms with Crippen molar-refractivity contribution in [1.82, 2.24) is 0 Å². The topological polar surface area (TPSA) is 65.7 Å². The average molecular weight is 224 g/mol. The Kier molecular flexibility index (Phi) is 4.32. The van der Waals surface area contributed by atoms with Crippen molar-refractivity contribution in [1.29, 1.82) is 0 Å². The molecule has 0 saturated heterocycles. The third-order valence-electron chi connectivity index (χ3n) is 1.63. The molecule has 0 radical (unpaired) electrons. The summed E-state index contributed by atoms with van der Waals surface area (Å²) >= 11 is 0. The van der Waals surface area contributed by atoms with Gasteiger partial charge in [0.25, 0.3) is 0 Å². The van der Waals surface area contributed by atoms with Crippen molar-refractivity contribution in [2.75, 3.05) is 13.2 Å². The molecule has 0 spiro atoms. The number of carbonyl (C=O) groups is 1. The van der Waals surface area contributed by atoms with E-state index in [0.29, 0.717) is 11.5 Å². The zero-order chi connectivity index (χ0) is 12.0. The van der Waals surface area contributed by atoms with E-state index in [9.17, 15) is 9.59 Å². The molecular formula is C11H12O5. The normalized spacial score (nSPS) is 9.56. The molecule has 16 heavy (non-hydrogen) atoms. The zero-order valence-electron chi connectivity index (χ0n) is 8.89. The van der Waals surface area contributed by atoms with E-state index >= 15 is 0 Å². The molecule has 1 heterocycles. The first-order chi connectivity index (χ1) is 7.61. The summed E-state index contributed by atoms with van der Waals surface area (Å²) in [6, 6.07) is 2.80. The molecule has 0 aliphatic heterocycles. The van der Waals surface area contributed by atoms with Gasteiger partial charge in [0.2, 0.25) is 0 Å². The van der Waals surface area contributed by atoms with E-state index < -0.39 is 11.6 Å². The molecule has 0 amide bonds. The van der Waals surface area contributed by atoms with Gasteiger partial charge in [-0.05, 0) is 6.92 Å². The lowest BCUT2D eigenvalue weighted by atomic mass is 10.4. The maximum Gasteiger partial charge on any atom is 0.339 e. The molecule has 0 aliphatic carbocycles. The van der Waals surface area contributed by atoms with Gasteiger partial charge in [0.05, 0.1) is 6.07 Å². The molecule has 0 atom stereocenters. The molecule has 0 fully saturated rings. The van der Waals surface area contributed by atoms with Gasteiger partial charge >= 0.3 is 11.6 Å². The second-order valence-electron chi connectivity index (χ2n) is 2.94. The van der Waals surface area contributed by atoms with Gasteiger partial charge in [0.15, 0.2) is 0 Å². The van der Waals surface area contributed by atoms with E-state index in [1.807, 2.05) is 0 Å². The molecule has 1 aromatic rings. The van der Waals surface area contributed by atoms with Crippen molar-refractivity contribution < 1.29 is 18.7 Å². The van der Waals surface area contributed by atoms with Gasteiger partial charge in [0.1, 0.15) is 24.7 Å². The largest absolute Gasteiger partial charge is 0.490 e. The van der Waals surface area contributed by atoms with Crippen LogP contribution in [0.3, 0.4) is 0 Å². The van der Waals surface area contributed by atoms with E-state index in [4.69, 9.17) is 9.15 Å². The molecule has 0 bridgehead atoms. The van der Waals surface area contributed by atoms with Crippen LogP contribution in [0.4, 0.5) is 0 Å². The van der Waals surface area contributed by atoms with E-state index in [1.165, 1.54) is 6.07 Å². The Bertz CT molecular complexity index is 432. The minimum absolute atomic E-state index is 0.101. The number of hydrogen-bond acceptors (Lipinski definition) is 5. The van der Waals surface area contributed by atoms with Gasteiger partial charge < -0.3 is 13.9 Å². The van der Waals surface area contributed by atoms with Crippen molar-refractivity contribution in [3.8, 4) is 5.75 Å². The monoisotopic (exact) mass is 224 g/mol. The van der Waals surface area contributed by atoms with Gasteiger partial charge in [-0.3, -0.25) is 0 Å². The molecule has 0 aromatic carbocycles.